The minimum atomic E-state index is -2.69. The summed E-state index contributed by atoms with van der Waals surface area (Å²) in [5.74, 6) is 0. The van der Waals surface area contributed by atoms with Gasteiger partial charge in [0.05, 0.1) is 0 Å². The fourth-order valence-electron chi connectivity index (χ4n) is 3.74. The molecule has 0 aromatic carbocycles. The van der Waals surface area contributed by atoms with E-state index in [-0.39, 0.29) is 0 Å². The molecule has 24 heavy (non-hydrogen) atoms. The molecule has 3 nitrogen and oxygen atoms in total. The van der Waals surface area contributed by atoms with E-state index in [0.717, 1.165) is 45.5 Å². The molecule has 0 aliphatic carbocycles. The molecule has 0 fully saturated rings. The van der Waals surface area contributed by atoms with Crippen molar-refractivity contribution in [3.8, 4) is 0 Å². The molecule has 0 saturated carbocycles. The van der Waals surface area contributed by atoms with E-state index >= 15 is 0 Å². The second kappa shape index (κ2) is 8.13. The quantitative estimate of drug-likeness (QED) is 0.315. The van der Waals surface area contributed by atoms with E-state index in [9.17, 15) is 0 Å². The Hall–Kier alpha value is -0.680. The van der Waals surface area contributed by atoms with Crippen molar-refractivity contribution >= 4 is 22.3 Å². The van der Waals surface area contributed by atoms with Crippen LogP contribution in [0.15, 0.2) is 80.4 Å². The Labute approximate surface area is 149 Å². The summed E-state index contributed by atoms with van der Waals surface area (Å²) in [6, 6.07) is 0. The Morgan fingerprint density at radius 3 is 1.38 bits per heavy atom. The number of hydrogen-bond donors (Lipinski definition) is 2. The Balaban J connectivity index is 3.70. The molecule has 0 aromatic heterocycles. The Morgan fingerprint density at radius 2 is 1.04 bits per heavy atom. The van der Waals surface area contributed by atoms with E-state index in [4.69, 9.17) is 4.52 Å². The monoisotopic (exact) mass is 383 g/mol. The van der Waals surface area contributed by atoms with Gasteiger partial charge in [0.25, 0.3) is 0 Å². The van der Waals surface area contributed by atoms with E-state index < -0.39 is 13.8 Å². The summed E-state index contributed by atoms with van der Waals surface area (Å²) < 4.78 is 5.15. The molecule has 2 N–H and O–H groups in total. The second-order valence-corrected chi connectivity index (χ2v) is 18.1. The van der Waals surface area contributed by atoms with Crippen molar-refractivity contribution < 1.29 is 0 Å². The zero-order valence-corrected chi connectivity index (χ0v) is 17.4. The first-order valence-corrected chi connectivity index (χ1v) is 14.5. The Bertz CT molecular complexity index is 521. The van der Waals surface area contributed by atoms with E-state index in [1.165, 1.54) is 0 Å². The fourth-order valence-corrected chi connectivity index (χ4v) is 21.0. The van der Waals surface area contributed by atoms with E-state index in [1.54, 1.807) is 0 Å². The van der Waals surface area contributed by atoms with Gasteiger partial charge in [-0.1, -0.05) is 0 Å². The number of rotatable bonds is 12. The zero-order chi connectivity index (χ0) is 18.2. The molecule has 1 heterocycles. The fraction of sp³-hybridized carbons (Fsp3) is 0.333. The van der Waals surface area contributed by atoms with Gasteiger partial charge in [0, 0.05) is 0 Å². The van der Waals surface area contributed by atoms with Crippen LogP contribution in [0.5, 0.6) is 0 Å². The van der Waals surface area contributed by atoms with Gasteiger partial charge < -0.3 is 0 Å². The summed E-state index contributed by atoms with van der Waals surface area (Å²) in [5.41, 5.74) is 0. The van der Waals surface area contributed by atoms with Gasteiger partial charge in [0.1, 0.15) is 0 Å². The third-order valence-corrected chi connectivity index (χ3v) is 20.1. The maximum absolute atomic E-state index is 5.15. The van der Waals surface area contributed by atoms with Crippen LogP contribution in [0.25, 0.3) is 0 Å². The summed E-state index contributed by atoms with van der Waals surface area (Å²) in [6.07, 6.45) is 17.1. The van der Waals surface area contributed by atoms with Crippen molar-refractivity contribution in [3.05, 3.63) is 75.9 Å². The first-order chi connectivity index (χ1) is 11.4. The van der Waals surface area contributed by atoms with Crippen LogP contribution in [-0.2, 0) is 0 Å². The number of hydrogen-bond acceptors (Lipinski definition) is 3. The van der Waals surface area contributed by atoms with Gasteiger partial charge in [-0.25, -0.2) is 0 Å². The van der Waals surface area contributed by atoms with Crippen LogP contribution in [0.2, 0.25) is 0 Å². The van der Waals surface area contributed by atoms with Crippen molar-refractivity contribution in [2.45, 2.75) is 0 Å². The maximum atomic E-state index is 5.15. The van der Waals surface area contributed by atoms with Crippen LogP contribution in [0.1, 0.15) is 0 Å². The van der Waals surface area contributed by atoms with Crippen LogP contribution in [0.3, 0.4) is 0 Å². The van der Waals surface area contributed by atoms with Crippen molar-refractivity contribution in [1.82, 2.24) is 9.72 Å². The molecular weight excluding hydrogens is 351 g/mol. The normalized spacial score (nSPS) is 26.2. The van der Waals surface area contributed by atoms with Crippen molar-refractivity contribution in [2.24, 2.45) is 4.52 Å². The average molecular weight is 383 g/mol. The van der Waals surface area contributed by atoms with Crippen LogP contribution >= 0.6 is 22.3 Å². The standard InChI is InChI=1S/C18H32N3P3/c1-7-13-23(14-8-2,15-9-3)19-22-20-24(21-23,16-10-4,17-11-5)18-12-6/h7-12,21H,1-6,13-18H2,(H,19,20). The third kappa shape index (κ3) is 3.93. The summed E-state index contributed by atoms with van der Waals surface area (Å²) >= 11 is 0. The predicted octanol–water partition coefficient (Wildman–Crippen LogP) is 6.11. The van der Waals surface area contributed by atoms with Crippen molar-refractivity contribution in [3.63, 3.8) is 0 Å². The number of nitrogens with one attached hydrogen (secondary N) is 2. The van der Waals surface area contributed by atoms with Crippen LogP contribution in [0.4, 0.5) is 0 Å². The Kier molecular flexibility index (Phi) is 7.24. The average Bonchev–Trinajstić information content (AvgIpc) is 2.48. The van der Waals surface area contributed by atoms with Gasteiger partial charge >= 0.3 is 149 Å². The van der Waals surface area contributed by atoms with Crippen LogP contribution < -0.4 is 9.72 Å². The van der Waals surface area contributed by atoms with Crippen LogP contribution in [-0.4, -0.2) is 37.0 Å². The summed E-state index contributed by atoms with van der Waals surface area (Å²) in [5, 5.41) is 0. The summed E-state index contributed by atoms with van der Waals surface area (Å²) in [4.78, 5) is 7.91. The topological polar surface area (TPSA) is 36.4 Å². The molecule has 1 aliphatic rings. The van der Waals surface area contributed by atoms with Gasteiger partial charge in [-0.3, -0.25) is 0 Å². The molecule has 0 unspecified atom stereocenters. The summed E-state index contributed by atoms with van der Waals surface area (Å²) in [7, 11) is 0.918. The van der Waals surface area contributed by atoms with Crippen LogP contribution in [0, 0.1) is 0 Å². The molecule has 0 spiro atoms. The van der Waals surface area contributed by atoms with Gasteiger partial charge in [-0.15, -0.1) is 0 Å². The molecule has 0 saturated heterocycles. The van der Waals surface area contributed by atoms with Gasteiger partial charge in [0.15, 0.2) is 0 Å². The second-order valence-electron chi connectivity index (χ2n) is 6.62. The van der Waals surface area contributed by atoms with E-state index in [1.807, 2.05) is 36.5 Å². The first kappa shape index (κ1) is 21.4. The van der Waals surface area contributed by atoms with E-state index in [2.05, 4.69) is 49.2 Å². The first-order valence-electron chi connectivity index (χ1n) is 8.09. The molecule has 1 aliphatic heterocycles. The molecule has 0 bridgehead atoms. The number of nitrogens with zero attached hydrogens (tertiary/aromatic N) is 1. The third-order valence-electron chi connectivity index (χ3n) is 4.50. The molecular formula is C18H32N3P3. The zero-order valence-electron chi connectivity index (χ0n) is 14.7. The molecule has 0 radical (unpaired) electrons. The van der Waals surface area contributed by atoms with Crippen molar-refractivity contribution in [2.75, 3.05) is 37.0 Å². The molecule has 0 amide bonds. The number of allylic oxidation sites excluding steroid dienone is 6. The molecule has 1 rings (SSSR count). The predicted molar refractivity (Wildman–Crippen MR) is 120 cm³/mol. The minimum absolute atomic E-state index is 0.835. The SMILES string of the molecule is C=CCP1(CC=C)(CC=C)N=PNP(CC=C)(CC=C)(CC=C)N1. The van der Waals surface area contributed by atoms with Gasteiger partial charge in [-0.2, -0.15) is 0 Å². The Morgan fingerprint density at radius 1 is 0.667 bits per heavy atom. The van der Waals surface area contributed by atoms with E-state index in [0.29, 0.717) is 0 Å². The molecule has 0 atom stereocenters. The molecule has 134 valence electrons. The van der Waals surface area contributed by atoms with Gasteiger partial charge in [0.2, 0.25) is 0 Å². The summed E-state index contributed by atoms with van der Waals surface area (Å²) in [6.45, 7) is 18.8. The molecule has 0 aromatic rings. The molecule has 6 heteroatoms. The van der Waals surface area contributed by atoms with Crippen molar-refractivity contribution in [1.29, 1.82) is 0 Å². The van der Waals surface area contributed by atoms with Gasteiger partial charge in [-0.05, 0) is 0 Å².